The number of thioether (sulfide) groups is 1. The van der Waals surface area contributed by atoms with Crippen LogP contribution in [0.3, 0.4) is 0 Å². The third-order valence-corrected chi connectivity index (χ3v) is 3.48. The van der Waals surface area contributed by atoms with Gasteiger partial charge in [0, 0.05) is 13.7 Å². The van der Waals surface area contributed by atoms with Crippen LogP contribution in [0.1, 0.15) is 0 Å². The van der Waals surface area contributed by atoms with Crippen LogP contribution in [-0.4, -0.2) is 34.9 Å². The van der Waals surface area contributed by atoms with Crippen LogP contribution in [0.15, 0.2) is 29.4 Å². The molecule has 5 nitrogen and oxygen atoms in total. The molecule has 2 rings (SSSR count). The van der Waals surface area contributed by atoms with Crippen molar-refractivity contribution in [3.05, 3.63) is 24.3 Å². The van der Waals surface area contributed by atoms with Crippen LogP contribution in [-0.2, 0) is 16.1 Å². The number of benzene rings is 1. The van der Waals surface area contributed by atoms with E-state index in [4.69, 9.17) is 10.5 Å². The van der Waals surface area contributed by atoms with Gasteiger partial charge in [0.2, 0.25) is 5.91 Å². The van der Waals surface area contributed by atoms with Crippen molar-refractivity contribution in [1.82, 2.24) is 9.55 Å². The summed E-state index contributed by atoms with van der Waals surface area (Å²) in [5, 5.41) is 0.798. The van der Waals surface area contributed by atoms with Gasteiger partial charge in [-0.1, -0.05) is 23.9 Å². The normalized spacial score (nSPS) is 10.9. The minimum Gasteiger partial charge on any atom is -0.383 e. The van der Waals surface area contributed by atoms with Gasteiger partial charge in [0.05, 0.1) is 23.4 Å². The van der Waals surface area contributed by atoms with Crippen molar-refractivity contribution in [1.29, 1.82) is 0 Å². The number of hydrogen-bond donors (Lipinski definition) is 1. The quantitative estimate of drug-likeness (QED) is 0.798. The number of ether oxygens (including phenoxy) is 1. The third kappa shape index (κ3) is 2.83. The first-order valence-corrected chi connectivity index (χ1v) is 6.56. The average Bonchev–Trinajstić information content (AvgIpc) is 2.71. The first kappa shape index (κ1) is 12.9. The molecule has 1 aromatic carbocycles. The standard InChI is InChI=1S/C12H15N3O2S/c1-17-7-6-15-10-5-3-2-4-9(10)14-12(15)18-8-11(13)16/h2-5H,6-8H2,1H3,(H2,13,16). The SMILES string of the molecule is COCCn1c(SCC(N)=O)nc2ccccc21. The lowest BCUT2D eigenvalue weighted by Crippen LogP contribution is -2.14. The van der Waals surface area contributed by atoms with Crippen molar-refractivity contribution in [3.8, 4) is 0 Å². The van der Waals surface area contributed by atoms with Gasteiger partial charge >= 0.3 is 0 Å². The number of aromatic nitrogens is 2. The number of hydrogen-bond acceptors (Lipinski definition) is 4. The molecule has 0 aliphatic rings. The molecule has 0 unspecified atom stereocenters. The first-order chi connectivity index (χ1) is 8.72. The molecule has 0 radical (unpaired) electrons. The molecule has 1 heterocycles. The van der Waals surface area contributed by atoms with E-state index >= 15 is 0 Å². The maximum atomic E-state index is 10.9. The van der Waals surface area contributed by atoms with Crippen molar-refractivity contribution in [2.45, 2.75) is 11.7 Å². The number of amides is 1. The van der Waals surface area contributed by atoms with Crippen LogP contribution in [0.4, 0.5) is 0 Å². The predicted molar refractivity (Wildman–Crippen MR) is 71.5 cm³/mol. The smallest absolute Gasteiger partial charge is 0.227 e. The zero-order valence-corrected chi connectivity index (χ0v) is 10.9. The van der Waals surface area contributed by atoms with Gasteiger partial charge in [0.25, 0.3) is 0 Å². The van der Waals surface area contributed by atoms with Gasteiger partial charge in [0.1, 0.15) is 0 Å². The number of imidazole rings is 1. The highest BCUT2D eigenvalue weighted by Crippen LogP contribution is 2.23. The molecule has 0 bridgehead atoms. The number of nitrogens with zero attached hydrogens (tertiary/aromatic N) is 2. The summed E-state index contributed by atoms with van der Waals surface area (Å²) in [6.07, 6.45) is 0. The fourth-order valence-corrected chi connectivity index (χ4v) is 2.48. The van der Waals surface area contributed by atoms with E-state index in [0.29, 0.717) is 13.2 Å². The van der Waals surface area contributed by atoms with E-state index in [-0.39, 0.29) is 11.7 Å². The second-order valence-electron chi connectivity index (χ2n) is 3.78. The molecular weight excluding hydrogens is 250 g/mol. The van der Waals surface area contributed by atoms with Crippen LogP contribution in [0.25, 0.3) is 11.0 Å². The fourth-order valence-electron chi connectivity index (χ4n) is 1.70. The molecule has 0 atom stereocenters. The zero-order chi connectivity index (χ0) is 13.0. The number of carbonyl (C=O) groups excluding carboxylic acids is 1. The maximum absolute atomic E-state index is 10.9. The first-order valence-electron chi connectivity index (χ1n) is 5.57. The number of rotatable bonds is 6. The maximum Gasteiger partial charge on any atom is 0.227 e. The number of fused-ring (bicyclic) bond motifs is 1. The molecule has 2 N–H and O–H groups in total. The van der Waals surface area contributed by atoms with Crippen molar-refractivity contribution >= 4 is 28.7 Å². The van der Waals surface area contributed by atoms with E-state index in [2.05, 4.69) is 4.98 Å². The van der Waals surface area contributed by atoms with Gasteiger partial charge in [0.15, 0.2) is 5.16 Å². The monoisotopic (exact) mass is 265 g/mol. The van der Waals surface area contributed by atoms with E-state index < -0.39 is 0 Å². The molecule has 0 aliphatic carbocycles. The van der Waals surface area contributed by atoms with Gasteiger partial charge in [-0.2, -0.15) is 0 Å². The van der Waals surface area contributed by atoms with Gasteiger partial charge in [-0.3, -0.25) is 4.79 Å². The highest BCUT2D eigenvalue weighted by Gasteiger charge is 2.11. The van der Waals surface area contributed by atoms with Crippen LogP contribution >= 0.6 is 11.8 Å². The summed E-state index contributed by atoms with van der Waals surface area (Å²) in [6.45, 7) is 1.31. The topological polar surface area (TPSA) is 70.1 Å². The Kier molecular flexibility index (Phi) is 4.22. The lowest BCUT2D eigenvalue weighted by atomic mass is 10.3. The Hall–Kier alpha value is -1.53. The number of methoxy groups -OCH3 is 1. The zero-order valence-electron chi connectivity index (χ0n) is 10.1. The molecule has 0 saturated carbocycles. The molecule has 0 spiro atoms. The second kappa shape index (κ2) is 5.88. The molecule has 0 fully saturated rings. The van der Waals surface area contributed by atoms with Crippen molar-refractivity contribution < 1.29 is 9.53 Å². The Bertz CT molecular complexity index is 553. The number of carbonyl (C=O) groups is 1. The Morgan fingerprint density at radius 2 is 2.28 bits per heavy atom. The minimum atomic E-state index is -0.342. The highest BCUT2D eigenvalue weighted by molar-refractivity contribution is 7.99. The largest absolute Gasteiger partial charge is 0.383 e. The summed E-state index contributed by atoms with van der Waals surface area (Å²) < 4.78 is 7.14. The van der Waals surface area contributed by atoms with Gasteiger partial charge < -0.3 is 15.0 Å². The second-order valence-corrected chi connectivity index (χ2v) is 4.73. The van der Waals surface area contributed by atoms with Crippen LogP contribution in [0.2, 0.25) is 0 Å². The molecule has 18 heavy (non-hydrogen) atoms. The van der Waals surface area contributed by atoms with Crippen molar-refractivity contribution in [3.63, 3.8) is 0 Å². The van der Waals surface area contributed by atoms with E-state index in [1.165, 1.54) is 11.8 Å². The Morgan fingerprint density at radius 1 is 1.50 bits per heavy atom. The molecular formula is C12H15N3O2S. The Morgan fingerprint density at radius 3 is 3.00 bits per heavy atom. The Balaban J connectivity index is 2.33. The van der Waals surface area contributed by atoms with E-state index in [1.54, 1.807) is 7.11 Å². The van der Waals surface area contributed by atoms with Crippen LogP contribution < -0.4 is 5.73 Å². The number of primary amides is 1. The van der Waals surface area contributed by atoms with Crippen molar-refractivity contribution in [2.24, 2.45) is 5.73 Å². The molecule has 0 saturated heterocycles. The lowest BCUT2D eigenvalue weighted by Gasteiger charge is -2.07. The average molecular weight is 265 g/mol. The molecule has 6 heteroatoms. The van der Waals surface area contributed by atoms with Gasteiger partial charge in [-0.25, -0.2) is 4.98 Å². The molecule has 2 aromatic rings. The lowest BCUT2D eigenvalue weighted by molar-refractivity contribution is -0.115. The molecule has 1 aromatic heterocycles. The minimum absolute atomic E-state index is 0.232. The summed E-state index contributed by atoms with van der Waals surface area (Å²) in [4.78, 5) is 15.4. The molecule has 1 amide bonds. The Labute approximate surface area is 109 Å². The number of nitrogens with two attached hydrogens (primary N) is 1. The van der Waals surface area contributed by atoms with Gasteiger partial charge in [-0.15, -0.1) is 0 Å². The van der Waals surface area contributed by atoms with Crippen LogP contribution in [0, 0.1) is 0 Å². The summed E-state index contributed by atoms with van der Waals surface area (Å²) in [5.74, 6) is -0.110. The van der Waals surface area contributed by atoms with Gasteiger partial charge in [-0.05, 0) is 12.1 Å². The van der Waals surface area contributed by atoms with E-state index in [0.717, 1.165) is 16.2 Å². The van der Waals surface area contributed by atoms with E-state index in [9.17, 15) is 4.79 Å². The third-order valence-electron chi connectivity index (χ3n) is 2.48. The van der Waals surface area contributed by atoms with Crippen molar-refractivity contribution in [2.75, 3.05) is 19.5 Å². The molecule has 0 aliphatic heterocycles. The highest BCUT2D eigenvalue weighted by atomic mass is 32.2. The summed E-state index contributed by atoms with van der Waals surface area (Å²) >= 11 is 1.35. The van der Waals surface area contributed by atoms with E-state index in [1.807, 2.05) is 28.8 Å². The summed E-state index contributed by atoms with van der Waals surface area (Å²) in [5.41, 5.74) is 7.12. The summed E-state index contributed by atoms with van der Waals surface area (Å²) in [6, 6.07) is 7.87. The predicted octanol–water partition coefficient (Wildman–Crippen LogP) is 1.26. The molecule has 96 valence electrons. The fraction of sp³-hybridized carbons (Fsp3) is 0.333. The van der Waals surface area contributed by atoms with Crippen LogP contribution in [0.5, 0.6) is 0 Å². The summed E-state index contributed by atoms with van der Waals surface area (Å²) in [7, 11) is 1.66. The number of para-hydroxylation sites is 2.